The number of fused-ring (bicyclic) bond motifs is 1. The summed E-state index contributed by atoms with van der Waals surface area (Å²) in [5.74, 6) is 1.14. The van der Waals surface area contributed by atoms with Crippen molar-refractivity contribution >= 4 is 11.9 Å². The fourth-order valence-corrected chi connectivity index (χ4v) is 3.59. The van der Waals surface area contributed by atoms with Gasteiger partial charge in [0.25, 0.3) is 0 Å². The number of hydrogen-bond donors (Lipinski definition) is 0. The first-order chi connectivity index (χ1) is 8.85. The van der Waals surface area contributed by atoms with E-state index >= 15 is 0 Å². The van der Waals surface area contributed by atoms with Crippen molar-refractivity contribution in [3.63, 3.8) is 0 Å². The number of rotatable bonds is 0. The van der Waals surface area contributed by atoms with E-state index in [9.17, 15) is 9.59 Å². The molecular weight excluding hydrogens is 242 g/mol. The Labute approximate surface area is 113 Å². The summed E-state index contributed by atoms with van der Waals surface area (Å²) < 4.78 is 5.46. The van der Waals surface area contributed by atoms with Gasteiger partial charge in [0.2, 0.25) is 0 Å². The minimum atomic E-state index is -0.484. The van der Waals surface area contributed by atoms with Crippen molar-refractivity contribution in [1.29, 1.82) is 0 Å². The van der Waals surface area contributed by atoms with Crippen LogP contribution in [-0.2, 0) is 9.53 Å². The fourth-order valence-electron chi connectivity index (χ4n) is 3.59. The van der Waals surface area contributed by atoms with E-state index < -0.39 is 5.60 Å². The predicted octanol–water partition coefficient (Wildman–Crippen LogP) is 2.39. The smallest absolute Gasteiger partial charge is 0.410 e. The van der Waals surface area contributed by atoms with Gasteiger partial charge in [0, 0.05) is 30.8 Å². The molecule has 0 unspecified atom stereocenters. The normalized spacial score (nSPS) is 36.6. The molecule has 1 aliphatic heterocycles. The van der Waals surface area contributed by atoms with E-state index in [1.807, 2.05) is 26.8 Å². The van der Waals surface area contributed by atoms with Crippen LogP contribution in [0.1, 0.15) is 33.6 Å². The second-order valence-electron chi connectivity index (χ2n) is 6.94. The maximum absolute atomic E-state index is 12.3. The predicted molar refractivity (Wildman–Crippen MR) is 70.6 cm³/mol. The summed E-state index contributed by atoms with van der Waals surface area (Å²) in [6.45, 7) is 6.35. The number of likely N-dealkylation sites (tertiary alicyclic amines) is 1. The Kier molecular flexibility index (Phi) is 2.73. The van der Waals surface area contributed by atoms with Crippen LogP contribution in [0.3, 0.4) is 0 Å². The first-order valence-electron chi connectivity index (χ1n) is 7.06. The van der Waals surface area contributed by atoms with Gasteiger partial charge in [-0.2, -0.15) is 0 Å². The number of carbonyl (C=O) groups excluding carboxylic acids is 2. The maximum Gasteiger partial charge on any atom is 0.410 e. The van der Waals surface area contributed by atoms with Gasteiger partial charge in [-0.15, -0.1) is 0 Å². The Morgan fingerprint density at radius 3 is 2.79 bits per heavy atom. The van der Waals surface area contributed by atoms with Crippen molar-refractivity contribution in [2.45, 2.75) is 45.3 Å². The molecule has 0 aromatic rings. The highest BCUT2D eigenvalue weighted by Gasteiger charge is 2.50. The molecule has 1 heterocycles. The molecule has 4 rings (SSSR count). The van der Waals surface area contributed by atoms with E-state index in [1.165, 1.54) is 0 Å². The molecule has 4 aliphatic rings. The lowest BCUT2D eigenvalue weighted by Gasteiger charge is -2.29. The topological polar surface area (TPSA) is 46.6 Å². The van der Waals surface area contributed by atoms with Gasteiger partial charge in [-0.3, -0.25) is 4.79 Å². The number of allylic oxidation sites excluding steroid dienone is 1. The Morgan fingerprint density at radius 2 is 2.11 bits per heavy atom. The number of carbonyl (C=O) groups is 2. The molecule has 0 aromatic carbocycles. The summed E-state index contributed by atoms with van der Waals surface area (Å²) in [5, 5.41) is 0. The molecule has 1 saturated heterocycles. The van der Waals surface area contributed by atoms with Gasteiger partial charge in [0.15, 0.2) is 0 Å². The van der Waals surface area contributed by atoms with Crippen molar-refractivity contribution in [1.82, 2.24) is 4.90 Å². The van der Waals surface area contributed by atoms with Crippen LogP contribution in [0.15, 0.2) is 12.2 Å². The van der Waals surface area contributed by atoms with Gasteiger partial charge in [-0.05, 0) is 33.1 Å². The zero-order valence-electron chi connectivity index (χ0n) is 11.8. The van der Waals surface area contributed by atoms with E-state index in [4.69, 9.17) is 4.74 Å². The second kappa shape index (κ2) is 4.09. The fraction of sp³-hybridized carbons (Fsp3) is 0.733. The largest absolute Gasteiger partial charge is 0.444 e. The van der Waals surface area contributed by atoms with E-state index in [2.05, 4.69) is 6.08 Å². The third-order valence-electron chi connectivity index (χ3n) is 4.39. The molecule has 0 spiro atoms. The third-order valence-corrected chi connectivity index (χ3v) is 4.39. The van der Waals surface area contributed by atoms with Gasteiger partial charge in [0.05, 0.1) is 0 Å². The molecule has 0 radical (unpaired) electrons. The first kappa shape index (κ1) is 12.7. The third kappa shape index (κ3) is 2.17. The molecule has 104 valence electrons. The highest BCUT2D eigenvalue weighted by molar-refractivity contribution is 5.85. The number of hydrogen-bond acceptors (Lipinski definition) is 3. The molecule has 4 heteroatoms. The van der Waals surface area contributed by atoms with Crippen molar-refractivity contribution < 1.29 is 14.3 Å². The maximum atomic E-state index is 12.3. The lowest BCUT2D eigenvalue weighted by atomic mass is 9.82. The lowest BCUT2D eigenvalue weighted by molar-refractivity contribution is -0.122. The number of nitrogens with zero attached hydrogens (tertiary/aromatic N) is 1. The number of Topliss-reactive ketones (excluding diaryl/α,β-unsaturated/α-hetero) is 1. The van der Waals surface area contributed by atoms with Crippen LogP contribution in [-0.4, -0.2) is 35.0 Å². The summed E-state index contributed by atoms with van der Waals surface area (Å²) in [6, 6.07) is 0.0103. The van der Waals surface area contributed by atoms with Crippen molar-refractivity contribution in [2.24, 2.45) is 17.8 Å². The summed E-state index contributed by atoms with van der Waals surface area (Å²) in [7, 11) is 0. The quantitative estimate of drug-likeness (QED) is 0.630. The van der Waals surface area contributed by atoms with Gasteiger partial charge >= 0.3 is 6.09 Å². The van der Waals surface area contributed by atoms with Crippen LogP contribution in [0, 0.1) is 17.8 Å². The molecule has 4 nitrogen and oxygen atoms in total. The molecule has 19 heavy (non-hydrogen) atoms. The summed E-state index contributed by atoms with van der Waals surface area (Å²) in [6.07, 6.45) is 5.31. The van der Waals surface area contributed by atoms with E-state index in [0.717, 1.165) is 13.0 Å². The monoisotopic (exact) mass is 263 g/mol. The van der Waals surface area contributed by atoms with E-state index in [0.29, 0.717) is 18.3 Å². The van der Waals surface area contributed by atoms with Gasteiger partial charge in [-0.25, -0.2) is 4.79 Å². The molecule has 2 fully saturated rings. The Morgan fingerprint density at radius 1 is 1.37 bits per heavy atom. The van der Waals surface area contributed by atoms with Crippen LogP contribution < -0.4 is 0 Å². The molecule has 0 N–H and O–H groups in total. The summed E-state index contributed by atoms with van der Waals surface area (Å²) >= 11 is 0. The Balaban J connectivity index is 1.81. The van der Waals surface area contributed by atoms with Crippen LogP contribution in [0.4, 0.5) is 4.79 Å². The number of ketones is 1. The van der Waals surface area contributed by atoms with Crippen LogP contribution in [0.25, 0.3) is 0 Å². The zero-order valence-corrected chi connectivity index (χ0v) is 11.8. The SMILES string of the molecule is CC(C)(C)OC(=O)N1C[C@@H]2C[C@H]3C=C[C@@H]2[C@@H]1CC3=O. The van der Waals surface area contributed by atoms with Gasteiger partial charge in [-0.1, -0.05) is 12.2 Å². The average Bonchev–Trinajstić information content (AvgIpc) is 2.50. The van der Waals surface area contributed by atoms with E-state index in [1.54, 1.807) is 4.90 Å². The first-order valence-corrected chi connectivity index (χ1v) is 7.06. The van der Waals surface area contributed by atoms with Gasteiger partial charge < -0.3 is 9.64 Å². The Hall–Kier alpha value is -1.32. The summed E-state index contributed by atoms with van der Waals surface area (Å²) in [5.41, 5.74) is -0.484. The minimum Gasteiger partial charge on any atom is -0.444 e. The van der Waals surface area contributed by atoms with Gasteiger partial charge in [0.1, 0.15) is 11.4 Å². The van der Waals surface area contributed by atoms with Crippen LogP contribution >= 0.6 is 0 Å². The molecule has 1 saturated carbocycles. The Bertz CT molecular complexity index is 449. The molecule has 1 amide bonds. The zero-order chi connectivity index (χ0) is 13.8. The standard InChI is InChI=1S/C15H21NO3/c1-15(2,3)19-14(18)16-8-10-6-9-4-5-11(10)12(16)7-13(9)17/h4-5,9-12H,6-8H2,1-3H3/t9-,10+,11+,12+/m1/s1. The summed E-state index contributed by atoms with van der Waals surface area (Å²) in [4.78, 5) is 26.1. The highest BCUT2D eigenvalue weighted by atomic mass is 16.6. The van der Waals surface area contributed by atoms with Crippen molar-refractivity contribution in [2.75, 3.05) is 6.54 Å². The molecule has 0 aromatic heterocycles. The lowest BCUT2D eigenvalue weighted by Crippen LogP contribution is -2.42. The number of ether oxygens (including phenoxy) is 1. The van der Waals surface area contributed by atoms with Crippen LogP contribution in [0.2, 0.25) is 0 Å². The highest BCUT2D eigenvalue weighted by Crippen LogP contribution is 2.44. The van der Waals surface area contributed by atoms with Crippen LogP contribution in [0.5, 0.6) is 0 Å². The molecule has 4 atom stereocenters. The molecular formula is C15H21NO3. The van der Waals surface area contributed by atoms with Crippen molar-refractivity contribution in [3.8, 4) is 0 Å². The molecule has 4 bridgehead atoms. The van der Waals surface area contributed by atoms with Crippen molar-refractivity contribution in [3.05, 3.63) is 12.2 Å². The number of amides is 1. The van der Waals surface area contributed by atoms with E-state index in [-0.39, 0.29) is 23.8 Å². The molecule has 3 aliphatic carbocycles. The second-order valence-corrected chi connectivity index (χ2v) is 6.94. The average molecular weight is 263 g/mol. The minimum absolute atomic E-state index is 0.0103.